The molecule has 2 rings (SSSR count). The Morgan fingerprint density at radius 3 is 2.29 bits per heavy atom. The zero-order valence-electron chi connectivity index (χ0n) is 13.4. The zero-order valence-corrected chi connectivity index (χ0v) is 14.2. The van der Waals surface area contributed by atoms with Crippen molar-refractivity contribution in [1.82, 2.24) is 5.32 Å². The van der Waals surface area contributed by atoms with Gasteiger partial charge in [0.1, 0.15) is 0 Å². The van der Waals surface area contributed by atoms with Gasteiger partial charge in [-0.2, -0.15) is 0 Å². The Balaban J connectivity index is 2.06. The van der Waals surface area contributed by atoms with Crippen LogP contribution in [0.1, 0.15) is 30.4 Å². The molecule has 2 atom stereocenters. The number of hydrogen-bond donors (Lipinski definition) is 2. The van der Waals surface area contributed by atoms with Gasteiger partial charge in [0.25, 0.3) is 0 Å². The third-order valence-electron chi connectivity index (χ3n) is 3.86. The second-order valence-corrected chi connectivity index (χ2v) is 6.20. The minimum absolute atomic E-state index is 0.129. The first-order valence-electron chi connectivity index (χ1n) is 7.77. The van der Waals surface area contributed by atoms with Gasteiger partial charge in [-0.05, 0) is 36.6 Å². The molecular weight excluding hydrogens is 326 g/mol. The van der Waals surface area contributed by atoms with E-state index in [0.29, 0.717) is 11.4 Å². The van der Waals surface area contributed by atoms with Crippen molar-refractivity contribution >= 4 is 23.5 Å². The fraction of sp³-hybridized carbons (Fsp3) is 0.263. The minimum Gasteiger partial charge on any atom is -0.481 e. The number of halogens is 1. The average molecular weight is 346 g/mol. The molecule has 0 aromatic heterocycles. The molecule has 2 aromatic rings. The monoisotopic (exact) mass is 345 g/mol. The summed E-state index contributed by atoms with van der Waals surface area (Å²) in [5, 5.41) is 12.6. The van der Waals surface area contributed by atoms with Crippen molar-refractivity contribution in [3.63, 3.8) is 0 Å². The van der Waals surface area contributed by atoms with Gasteiger partial charge in [0.15, 0.2) is 0 Å². The molecule has 0 aliphatic heterocycles. The van der Waals surface area contributed by atoms with E-state index < -0.39 is 12.0 Å². The minimum atomic E-state index is -0.943. The molecule has 0 bridgehead atoms. The van der Waals surface area contributed by atoms with Gasteiger partial charge in [-0.1, -0.05) is 54.1 Å². The quantitative estimate of drug-likeness (QED) is 0.805. The predicted octanol–water partition coefficient (Wildman–Crippen LogP) is 3.65. The Hall–Kier alpha value is -2.33. The van der Waals surface area contributed by atoms with Crippen molar-refractivity contribution in [3.8, 4) is 0 Å². The fourth-order valence-electron chi connectivity index (χ4n) is 2.51. The molecule has 0 spiro atoms. The number of carboxylic acids is 1. The normalized spacial score (nSPS) is 13.1. The number of carboxylic acid groups (broad SMARTS) is 1. The molecule has 24 heavy (non-hydrogen) atoms. The van der Waals surface area contributed by atoms with Crippen LogP contribution in [0.3, 0.4) is 0 Å². The van der Waals surface area contributed by atoms with Gasteiger partial charge in [-0.15, -0.1) is 0 Å². The lowest BCUT2D eigenvalue weighted by atomic mass is 9.98. The van der Waals surface area contributed by atoms with Crippen LogP contribution in [0.15, 0.2) is 54.6 Å². The van der Waals surface area contributed by atoms with Crippen LogP contribution in [-0.2, 0) is 16.0 Å². The maximum absolute atomic E-state index is 12.5. The summed E-state index contributed by atoms with van der Waals surface area (Å²) in [6.45, 7) is 1.81. The smallest absolute Gasteiger partial charge is 0.305 e. The summed E-state index contributed by atoms with van der Waals surface area (Å²) in [5.41, 5.74) is 1.83. The van der Waals surface area contributed by atoms with E-state index in [9.17, 15) is 9.59 Å². The molecular formula is C19H20ClNO3. The number of hydrogen-bond acceptors (Lipinski definition) is 2. The Morgan fingerprint density at radius 1 is 1.08 bits per heavy atom. The third kappa shape index (κ3) is 5.39. The molecule has 0 aliphatic carbocycles. The highest BCUT2D eigenvalue weighted by molar-refractivity contribution is 6.30. The van der Waals surface area contributed by atoms with Crippen LogP contribution >= 0.6 is 11.6 Å². The second kappa shape index (κ2) is 8.50. The molecule has 1 amide bonds. The van der Waals surface area contributed by atoms with Crippen molar-refractivity contribution in [1.29, 1.82) is 0 Å². The molecule has 0 heterocycles. The van der Waals surface area contributed by atoms with Crippen LogP contribution < -0.4 is 5.32 Å². The molecule has 0 saturated heterocycles. The molecule has 0 fully saturated rings. The molecule has 0 radical (unpaired) electrons. The number of carbonyl (C=O) groups excluding carboxylic acids is 1. The van der Waals surface area contributed by atoms with Crippen molar-refractivity contribution in [2.75, 3.05) is 0 Å². The standard InChI is InChI=1S/C19H20ClNO3/c1-13(15-5-3-2-4-6-15)19(24)21-17(12-18(22)23)11-14-7-9-16(20)10-8-14/h2-10,13,17H,11-12H2,1H3,(H,21,24)(H,22,23). The molecule has 5 heteroatoms. The summed E-state index contributed by atoms with van der Waals surface area (Å²) in [5.74, 6) is -1.46. The Morgan fingerprint density at radius 2 is 1.71 bits per heavy atom. The highest BCUT2D eigenvalue weighted by Gasteiger charge is 2.21. The van der Waals surface area contributed by atoms with E-state index in [-0.39, 0.29) is 18.2 Å². The lowest BCUT2D eigenvalue weighted by Crippen LogP contribution is -2.40. The van der Waals surface area contributed by atoms with Gasteiger partial charge in [0, 0.05) is 11.1 Å². The molecule has 0 saturated carbocycles. The molecule has 2 N–H and O–H groups in total. The SMILES string of the molecule is CC(C(=O)NC(CC(=O)O)Cc1ccc(Cl)cc1)c1ccccc1. The highest BCUT2D eigenvalue weighted by atomic mass is 35.5. The van der Waals surface area contributed by atoms with Crippen LogP contribution in [0.25, 0.3) is 0 Å². The maximum Gasteiger partial charge on any atom is 0.305 e. The first kappa shape index (κ1) is 18.0. The van der Waals surface area contributed by atoms with Crippen LogP contribution in [0.2, 0.25) is 5.02 Å². The zero-order chi connectivity index (χ0) is 17.5. The summed E-state index contributed by atoms with van der Waals surface area (Å²) in [6.07, 6.45) is 0.312. The Labute approximate surface area is 146 Å². The van der Waals surface area contributed by atoms with Crippen LogP contribution in [-0.4, -0.2) is 23.0 Å². The van der Waals surface area contributed by atoms with E-state index in [0.717, 1.165) is 11.1 Å². The predicted molar refractivity (Wildman–Crippen MR) is 94.2 cm³/mol. The molecule has 126 valence electrons. The lowest BCUT2D eigenvalue weighted by Gasteiger charge is -2.20. The molecule has 4 nitrogen and oxygen atoms in total. The van der Waals surface area contributed by atoms with Gasteiger partial charge in [-0.3, -0.25) is 9.59 Å². The number of nitrogens with one attached hydrogen (secondary N) is 1. The highest BCUT2D eigenvalue weighted by Crippen LogP contribution is 2.16. The van der Waals surface area contributed by atoms with E-state index in [2.05, 4.69) is 5.32 Å². The van der Waals surface area contributed by atoms with Crippen molar-refractivity contribution in [3.05, 3.63) is 70.7 Å². The summed E-state index contributed by atoms with van der Waals surface area (Å²) in [4.78, 5) is 23.6. The van der Waals surface area contributed by atoms with Crippen molar-refractivity contribution in [2.45, 2.75) is 31.7 Å². The third-order valence-corrected chi connectivity index (χ3v) is 4.11. The van der Waals surface area contributed by atoms with E-state index in [1.54, 1.807) is 12.1 Å². The lowest BCUT2D eigenvalue weighted by molar-refractivity contribution is -0.137. The number of aliphatic carboxylic acids is 1. The summed E-state index contributed by atoms with van der Waals surface area (Å²) in [6, 6.07) is 16.1. The molecule has 2 aromatic carbocycles. The average Bonchev–Trinajstić information content (AvgIpc) is 2.56. The maximum atomic E-state index is 12.5. The van der Waals surface area contributed by atoms with Crippen molar-refractivity contribution in [2.24, 2.45) is 0 Å². The first-order chi connectivity index (χ1) is 11.5. The topological polar surface area (TPSA) is 66.4 Å². The number of rotatable bonds is 7. The first-order valence-corrected chi connectivity index (χ1v) is 8.15. The van der Waals surface area contributed by atoms with Gasteiger partial charge in [0.2, 0.25) is 5.91 Å². The second-order valence-electron chi connectivity index (χ2n) is 5.77. The summed E-state index contributed by atoms with van der Waals surface area (Å²) < 4.78 is 0. The van der Waals surface area contributed by atoms with Crippen molar-refractivity contribution < 1.29 is 14.7 Å². The Kier molecular flexibility index (Phi) is 6.38. The van der Waals surface area contributed by atoms with Gasteiger partial charge in [-0.25, -0.2) is 0 Å². The molecule has 0 aliphatic rings. The molecule has 2 unspecified atom stereocenters. The van der Waals surface area contributed by atoms with Crippen LogP contribution in [0, 0.1) is 0 Å². The van der Waals surface area contributed by atoms with E-state index in [1.165, 1.54) is 0 Å². The fourth-order valence-corrected chi connectivity index (χ4v) is 2.64. The summed E-state index contributed by atoms with van der Waals surface area (Å²) in [7, 11) is 0. The van der Waals surface area contributed by atoms with Gasteiger partial charge >= 0.3 is 5.97 Å². The number of amides is 1. The van der Waals surface area contributed by atoms with Gasteiger partial charge < -0.3 is 10.4 Å². The largest absolute Gasteiger partial charge is 0.481 e. The van der Waals surface area contributed by atoms with E-state index in [1.807, 2.05) is 49.4 Å². The van der Waals surface area contributed by atoms with Crippen LogP contribution in [0.4, 0.5) is 0 Å². The van der Waals surface area contributed by atoms with E-state index in [4.69, 9.17) is 16.7 Å². The number of carbonyl (C=O) groups is 2. The number of benzene rings is 2. The Bertz CT molecular complexity index is 686. The van der Waals surface area contributed by atoms with E-state index >= 15 is 0 Å². The van der Waals surface area contributed by atoms with Gasteiger partial charge in [0.05, 0.1) is 12.3 Å². The summed E-state index contributed by atoms with van der Waals surface area (Å²) >= 11 is 5.86. The van der Waals surface area contributed by atoms with Crippen LogP contribution in [0.5, 0.6) is 0 Å².